The van der Waals surface area contributed by atoms with Crippen molar-refractivity contribution in [1.82, 2.24) is 0 Å². The minimum absolute atomic E-state index is 0.185. The summed E-state index contributed by atoms with van der Waals surface area (Å²) in [7, 11) is 0. The molecule has 5 rings (SSSR count). The Bertz CT molecular complexity index is 1530. The average Bonchev–Trinajstić information content (AvgIpc) is 2.97. The topological polar surface area (TPSA) is 32.7 Å². The first kappa shape index (κ1) is 33.5. The second-order valence-corrected chi connectivity index (χ2v) is 14.5. The maximum Gasteiger partial charge on any atom is 0.127 e. The molecule has 2 aliphatic rings. The number of aryl methyl sites for hydroxylation is 1. The van der Waals surface area contributed by atoms with Gasteiger partial charge in [-0.3, -0.25) is 0 Å². The molecule has 0 saturated heterocycles. The quantitative estimate of drug-likeness (QED) is 0.149. The van der Waals surface area contributed by atoms with Gasteiger partial charge in [0, 0.05) is 23.8 Å². The summed E-state index contributed by atoms with van der Waals surface area (Å²) >= 11 is 1.75. The fourth-order valence-corrected chi connectivity index (χ4v) is 6.72. The summed E-state index contributed by atoms with van der Waals surface area (Å²) in [5.41, 5.74) is 14.1. The second kappa shape index (κ2) is 14.6. The van der Waals surface area contributed by atoms with Crippen LogP contribution in [0.4, 0.5) is 5.69 Å². The Labute approximate surface area is 270 Å². The molecule has 234 valence electrons. The fourth-order valence-electron chi connectivity index (χ4n) is 6.04. The molecule has 0 aromatic heterocycles. The number of hydrogen-bond donors (Lipinski definition) is 1. The van der Waals surface area contributed by atoms with E-state index in [1.807, 2.05) is 0 Å². The molecule has 1 aliphatic heterocycles. The van der Waals surface area contributed by atoms with Gasteiger partial charge in [-0.05, 0) is 91.3 Å². The molecule has 0 spiro atoms. The summed E-state index contributed by atoms with van der Waals surface area (Å²) in [4.78, 5) is 0. The molecule has 1 aliphatic carbocycles. The predicted molar refractivity (Wildman–Crippen MR) is 193 cm³/mol. The zero-order valence-corrected chi connectivity index (χ0v) is 29.0. The third kappa shape index (κ3) is 8.21. The van der Waals surface area contributed by atoms with Crippen LogP contribution in [0.25, 0.3) is 22.3 Å². The van der Waals surface area contributed by atoms with Crippen molar-refractivity contribution in [2.75, 3.05) is 17.2 Å². The van der Waals surface area contributed by atoms with Gasteiger partial charge in [0.1, 0.15) is 5.75 Å². The Morgan fingerprint density at radius 3 is 2.30 bits per heavy atom. The first-order valence-electron chi connectivity index (χ1n) is 15.9. The lowest BCUT2D eigenvalue weighted by Gasteiger charge is -2.36. The Morgan fingerprint density at radius 1 is 0.977 bits per heavy atom. The zero-order chi connectivity index (χ0) is 32.0. The number of allylic oxidation sites excluding steroid dienone is 5. The normalized spacial score (nSPS) is 13.8. The van der Waals surface area contributed by atoms with Crippen LogP contribution < -0.4 is 9.04 Å². The molecule has 0 atom stereocenters. The summed E-state index contributed by atoms with van der Waals surface area (Å²) in [5, 5.41) is 10.3. The van der Waals surface area contributed by atoms with Crippen LogP contribution >= 0.6 is 11.9 Å². The van der Waals surface area contributed by atoms with Gasteiger partial charge in [-0.25, -0.2) is 0 Å². The van der Waals surface area contributed by atoms with Crippen LogP contribution in [0.5, 0.6) is 5.75 Å². The number of aliphatic hydroxyl groups is 1. The summed E-state index contributed by atoms with van der Waals surface area (Å²) in [5.74, 6) is 1.15. The minimum Gasteiger partial charge on any atom is -0.513 e. The highest BCUT2D eigenvalue weighted by atomic mass is 32.2. The molecule has 44 heavy (non-hydrogen) atoms. The Hall–Kier alpha value is -3.37. The summed E-state index contributed by atoms with van der Waals surface area (Å²) < 4.78 is 8.93. The fraction of sp³-hybridized carbons (Fsp3) is 0.400. The molecule has 0 amide bonds. The van der Waals surface area contributed by atoms with Crippen LogP contribution in [0.3, 0.4) is 0 Å². The molecular weight excluding hydrogens is 559 g/mol. The number of ether oxygens (including phenoxy) is 1. The SMILES string of the molecule is C=C(O)Cc1c(C)c2c(c(C)c1-c1ccc(C)cc1)-c1c(cccc1OCCCC1=CC=CCC1)CN2SC.CC(C)(C)C. The van der Waals surface area contributed by atoms with Crippen molar-refractivity contribution in [1.29, 1.82) is 0 Å². The number of rotatable bonds is 9. The molecule has 0 bridgehead atoms. The van der Waals surface area contributed by atoms with E-state index in [4.69, 9.17) is 4.74 Å². The molecule has 3 aromatic rings. The maximum atomic E-state index is 10.3. The van der Waals surface area contributed by atoms with Crippen LogP contribution in [0.2, 0.25) is 0 Å². The first-order valence-corrected chi connectivity index (χ1v) is 17.1. The van der Waals surface area contributed by atoms with E-state index in [1.165, 1.54) is 50.2 Å². The third-order valence-electron chi connectivity index (χ3n) is 7.96. The van der Waals surface area contributed by atoms with E-state index in [0.29, 0.717) is 18.4 Å². The lowest BCUT2D eigenvalue weighted by molar-refractivity contribution is 0.311. The molecule has 0 unspecified atom stereocenters. The number of aliphatic hydroxyl groups excluding tert-OH is 1. The average molecular weight is 610 g/mol. The van der Waals surface area contributed by atoms with Crippen LogP contribution in [-0.4, -0.2) is 18.0 Å². The van der Waals surface area contributed by atoms with Gasteiger partial charge < -0.3 is 14.1 Å². The van der Waals surface area contributed by atoms with E-state index in [2.05, 4.69) is 126 Å². The third-order valence-corrected chi connectivity index (χ3v) is 8.72. The van der Waals surface area contributed by atoms with E-state index >= 15 is 0 Å². The van der Waals surface area contributed by atoms with Gasteiger partial charge in [0.25, 0.3) is 0 Å². The van der Waals surface area contributed by atoms with Crippen LogP contribution in [-0.2, 0) is 13.0 Å². The number of hydrogen-bond acceptors (Lipinski definition) is 4. The monoisotopic (exact) mass is 609 g/mol. The molecule has 1 N–H and O–H groups in total. The van der Waals surface area contributed by atoms with Crippen molar-refractivity contribution >= 4 is 17.6 Å². The Balaban J connectivity index is 0.000000818. The van der Waals surface area contributed by atoms with E-state index in [1.54, 1.807) is 11.9 Å². The summed E-state index contributed by atoms with van der Waals surface area (Å²) in [6.45, 7) is 20.6. The smallest absolute Gasteiger partial charge is 0.127 e. The van der Waals surface area contributed by atoms with E-state index in [0.717, 1.165) is 49.1 Å². The molecule has 1 heterocycles. The van der Waals surface area contributed by atoms with Crippen LogP contribution in [0, 0.1) is 26.2 Å². The maximum absolute atomic E-state index is 10.3. The van der Waals surface area contributed by atoms with Gasteiger partial charge in [-0.1, -0.05) is 112 Å². The van der Waals surface area contributed by atoms with Gasteiger partial charge in [0.05, 0.1) is 24.6 Å². The molecule has 3 nitrogen and oxygen atoms in total. The summed E-state index contributed by atoms with van der Waals surface area (Å²) in [6, 6.07) is 15.2. The van der Waals surface area contributed by atoms with Gasteiger partial charge in [-0.2, -0.15) is 0 Å². The van der Waals surface area contributed by atoms with Gasteiger partial charge >= 0.3 is 0 Å². The number of anilines is 1. The molecule has 3 aromatic carbocycles. The molecule has 0 fully saturated rings. The summed E-state index contributed by atoms with van der Waals surface area (Å²) in [6.07, 6.45) is 13.7. The molecular formula is C40H51NO2S. The van der Waals surface area contributed by atoms with Gasteiger partial charge in [0.15, 0.2) is 0 Å². The van der Waals surface area contributed by atoms with Crippen molar-refractivity contribution in [3.8, 4) is 28.0 Å². The number of fused-ring (bicyclic) bond motifs is 3. The van der Waals surface area contributed by atoms with Gasteiger partial charge in [0.2, 0.25) is 0 Å². The Kier molecular flexibility index (Phi) is 11.1. The molecule has 0 radical (unpaired) electrons. The van der Waals surface area contributed by atoms with E-state index < -0.39 is 0 Å². The predicted octanol–water partition coefficient (Wildman–Crippen LogP) is 11.6. The van der Waals surface area contributed by atoms with Crippen LogP contribution in [0.1, 0.15) is 81.2 Å². The van der Waals surface area contributed by atoms with Crippen molar-refractivity contribution in [3.63, 3.8) is 0 Å². The lowest BCUT2D eigenvalue weighted by atomic mass is 9.80. The van der Waals surface area contributed by atoms with E-state index in [9.17, 15) is 5.11 Å². The standard InChI is InChI=1S/C35H39NO2S.C5H12/c1-23-16-18-28(19-17-23)32-26(4)33-34-29(22-36(39-5)35(33)25(3)30(32)21-24(2)37)14-9-15-31(34)38-20-10-13-27-11-7-6-8-12-27;1-5(2,3)4/h6-7,9,11,14-19,37H,2,8,10,12-13,20-22H2,1,3-5H3;1-4H3. The second-order valence-electron chi connectivity index (χ2n) is 13.7. The Morgan fingerprint density at radius 2 is 1.68 bits per heavy atom. The molecule has 4 heteroatoms. The van der Waals surface area contributed by atoms with E-state index in [-0.39, 0.29) is 5.76 Å². The lowest BCUT2D eigenvalue weighted by Crippen LogP contribution is -2.22. The number of benzene rings is 3. The largest absolute Gasteiger partial charge is 0.513 e. The minimum atomic E-state index is 0.185. The van der Waals surface area contributed by atoms with Crippen LogP contribution in [0.15, 0.2) is 78.6 Å². The highest BCUT2D eigenvalue weighted by Crippen LogP contribution is 2.52. The highest BCUT2D eigenvalue weighted by Gasteiger charge is 2.31. The van der Waals surface area contributed by atoms with Crippen molar-refractivity contribution in [3.05, 3.63) is 106 Å². The first-order chi connectivity index (χ1) is 20.9. The highest BCUT2D eigenvalue weighted by molar-refractivity contribution is 7.99. The van der Waals surface area contributed by atoms with Crippen molar-refractivity contribution in [2.24, 2.45) is 5.41 Å². The van der Waals surface area contributed by atoms with Gasteiger partial charge in [-0.15, -0.1) is 0 Å². The molecule has 0 saturated carbocycles. The number of nitrogens with zero attached hydrogens (tertiary/aromatic N) is 1. The zero-order valence-electron chi connectivity index (χ0n) is 28.1. The van der Waals surface area contributed by atoms with Crippen molar-refractivity contribution in [2.45, 2.75) is 87.1 Å². The van der Waals surface area contributed by atoms with Crippen molar-refractivity contribution < 1.29 is 9.84 Å².